The van der Waals surface area contributed by atoms with Gasteiger partial charge in [0.05, 0.1) is 13.2 Å². The Bertz CT molecular complexity index is 484. The summed E-state index contributed by atoms with van der Waals surface area (Å²) in [6, 6.07) is 9.04. The van der Waals surface area contributed by atoms with Crippen molar-refractivity contribution in [2.45, 2.75) is 84.0 Å². The van der Waals surface area contributed by atoms with Gasteiger partial charge in [0.25, 0.3) is 0 Å². The van der Waals surface area contributed by atoms with Crippen LogP contribution in [0.3, 0.4) is 0 Å². The van der Waals surface area contributed by atoms with E-state index in [0.29, 0.717) is 18.8 Å². The lowest BCUT2D eigenvalue weighted by Gasteiger charge is -2.16. The second-order valence-corrected chi connectivity index (χ2v) is 7.01. The average Bonchev–Trinajstić information content (AvgIpc) is 2.68. The first-order valence-electron chi connectivity index (χ1n) is 10.6. The van der Waals surface area contributed by atoms with Gasteiger partial charge in [-0.25, -0.2) is 0 Å². The van der Waals surface area contributed by atoms with Crippen molar-refractivity contribution in [3.8, 4) is 0 Å². The van der Waals surface area contributed by atoms with Gasteiger partial charge in [-0.15, -0.1) is 0 Å². The van der Waals surface area contributed by atoms with Crippen molar-refractivity contribution in [1.82, 2.24) is 0 Å². The monoisotopic (exact) mass is 376 g/mol. The maximum atomic E-state index is 12.5. The van der Waals surface area contributed by atoms with Crippen molar-refractivity contribution < 1.29 is 19.1 Å². The van der Waals surface area contributed by atoms with Crippen molar-refractivity contribution in [1.29, 1.82) is 0 Å². The average molecular weight is 377 g/mol. The summed E-state index contributed by atoms with van der Waals surface area (Å²) < 4.78 is 10.8. The van der Waals surface area contributed by atoms with E-state index in [1.165, 1.54) is 25.7 Å². The fourth-order valence-corrected chi connectivity index (χ4v) is 2.94. The van der Waals surface area contributed by atoms with E-state index in [-0.39, 0.29) is 0 Å². The minimum absolute atomic E-state index is 0.357. The first kappa shape index (κ1) is 23.2. The normalized spacial score (nSPS) is 10.8. The van der Waals surface area contributed by atoms with Gasteiger partial charge >= 0.3 is 11.9 Å². The van der Waals surface area contributed by atoms with Crippen molar-refractivity contribution >= 4 is 11.9 Å². The van der Waals surface area contributed by atoms with E-state index in [2.05, 4.69) is 13.8 Å². The summed E-state index contributed by atoms with van der Waals surface area (Å²) in [5.41, 5.74) is 0.629. The third-order valence-corrected chi connectivity index (χ3v) is 4.59. The molecule has 0 aliphatic rings. The van der Waals surface area contributed by atoms with Crippen molar-refractivity contribution in [2.24, 2.45) is 0 Å². The lowest BCUT2D eigenvalue weighted by atomic mass is 9.99. The van der Waals surface area contributed by atoms with Crippen LogP contribution in [0.4, 0.5) is 0 Å². The number of benzene rings is 1. The Hall–Kier alpha value is -1.84. The largest absolute Gasteiger partial charge is 0.465 e. The lowest BCUT2D eigenvalue weighted by molar-refractivity contribution is -0.157. The second kappa shape index (κ2) is 15.2. The standard InChI is InChI=1S/C23H36O4/c1-3-5-7-9-14-18-26-22(24)21(20-16-12-11-13-17-20)23(25)27-19-15-10-8-6-4-2/h11-13,16-17,21H,3-10,14-15,18-19H2,1-2H3. The van der Waals surface area contributed by atoms with Gasteiger partial charge in [0.1, 0.15) is 0 Å². The molecule has 0 saturated heterocycles. The maximum Gasteiger partial charge on any atom is 0.324 e. The Kier molecular flexibility index (Phi) is 13.1. The van der Waals surface area contributed by atoms with E-state index in [9.17, 15) is 9.59 Å². The smallest absolute Gasteiger partial charge is 0.324 e. The van der Waals surface area contributed by atoms with Crippen LogP contribution >= 0.6 is 0 Å². The van der Waals surface area contributed by atoms with Gasteiger partial charge in [-0.2, -0.15) is 0 Å². The van der Waals surface area contributed by atoms with Crippen LogP contribution in [0.5, 0.6) is 0 Å². The van der Waals surface area contributed by atoms with E-state index in [0.717, 1.165) is 38.5 Å². The van der Waals surface area contributed by atoms with Crippen molar-refractivity contribution in [3.63, 3.8) is 0 Å². The molecular formula is C23H36O4. The highest BCUT2D eigenvalue weighted by Gasteiger charge is 2.31. The summed E-state index contributed by atoms with van der Waals surface area (Å²) in [4.78, 5) is 25.0. The molecule has 4 nitrogen and oxygen atoms in total. The van der Waals surface area contributed by atoms with Crippen molar-refractivity contribution in [2.75, 3.05) is 13.2 Å². The molecule has 0 bridgehead atoms. The van der Waals surface area contributed by atoms with Crippen LogP contribution in [0.1, 0.15) is 89.5 Å². The fourth-order valence-electron chi connectivity index (χ4n) is 2.94. The number of carbonyl (C=O) groups is 2. The summed E-state index contributed by atoms with van der Waals surface area (Å²) in [7, 11) is 0. The molecule has 0 aromatic heterocycles. The van der Waals surface area contributed by atoms with E-state index >= 15 is 0 Å². The summed E-state index contributed by atoms with van der Waals surface area (Å²) in [6.45, 7) is 5.05. The predicted octanol–water partition coefficient (Wildman–Crippen LogP) is 5.80. The van der Waals surface area contributed by atoms with E-state index < -0.39 is 17.9 Å². The molecule has 0 saturated carbocycles. The van der Waals surface area contributed by atoms with Crippen LogP contribution in [0.2, 0.25) is 0 Å². The Balaban J connectivity index is 2.50. The summed E-state index contributed by atoms with van der Waals surface area (Å²) in [5.74, 6) is -2.00. The number of unbranched alkanes of at least 4 members (excludes halogenated alkanes) is 8. The minimum atomic E-state index is -0.988. The van der Waals surface area contributed by atoms with Crippen LogP contribution < -0.4 is 0 Å². The van der Waals surface area contributed by atoms with Crippen LogP contribution in [0.15, 0.2) is 30.3 Å². The molecule has 152 valence electrons. The molecular weight excluding hydrogens is 340 g/mol. The molecule has 0 unspecified atom stereocenters. The molecule has 4 heteroatoms. The number of esters is 2. The van der Waals surface area contributed by atoms with E-state index in [1.54, 1.807) is 12.1 Å². The fraction of sp³-hybridized carbons (Fsp3) is 0.652. The quantitative estimate of drug-likeness (QED) is 0.221. The molecule has 0 aliphatic heterocycles. The highest BCUT2D eigenvalue weighted by atomic mass is 16.6. The van der Waals surface area contributed by atoms with Crippen LogP contribution in [0.25, 0.3) is 0 Å². The Morgan fingerprint density at radius 1 is 0.704 bits per heavy atom. The summed E-state index contributed by atoms with van der Waals surface area (Å²) in [5, 5.41) is 0. The van der Waals surface area contributed by atoms with E-state index in [4.69, 9.17) is 9.47 Å². The second-order valence-electron chi connectivity index (χ2n) is 7.01. The van der Waals surface area contributed by atoms with E-state index in [1.807, 2.05) is 18.2 Å². The van der Waals surface area contributed by atoms with Gasteiger partial charge in [0, 0.05) is 0 Å². The molecule has 27 heavy (non-hydrogen) atoms. The molecule has 1 rings (SSSR count). The van der Waals surface area contributed by atoms with Gasteiger partial charge < -0.3 is 9.47 Å². The highest BCUT2D eigenvalue weighted by molar-refractivity contribution is 6.00. The number of hydrogen-bond donors (Lipinski definition) is 0. The molecule has 0 amide bonds. The van der Waals surface area contributed by atoms with Gasteiger partial charge in [-0.1, -0.05) is 95.5 Å². The summed E-state index contributed by atoms with van der Waals surface area (Å²) in [6.07, 6.45) is 10.8. The van der Waals surface area contributed by atoms with Gasteiger partial charge in [0.2, 0.25) is 0 Å². The Morgan fingerprint density at radius 2 is 1.15 bits per heavy atom. The minimum Gasteiger partial charge on any atom is -0.465 e. The summed E-state index contributed by atoms with van der Waals surface area (Å²) >= 11 is 0. The zero-order chi connectivity index (χ0) is 19.7. The molecule has 0 N–H and O–H groups in total. The number of ether oxygens (including phenoxy) is 2. The molecule has 0 fully saturated rings. The first-order chi connectivity index (χ1) is 13.2. The molecule has 0 heterocycles. The lowest BCUT2D eigenvalue weighted by Crippen LogP contribution is -2.26. The predicted molar refractivity (Wildman–Crippen MR) is 109 cm³/mol. The molecule has 0 spiro atoms. The molecule has 0 aliphatic carbocycles. The topological polar surface area (TPSA) is 52.6 Å². The number of rotatable bonds is 15. The molecule has 0 radical (unpaired) electrons. The van der Waals surface area contributed by atoms with Gasteiger partial charge in [0.15, 0.2) is 5.92 Å². The highest BCUT2D eigenvalue weighted by Crippen LogP contribution is 2.20. The van der Waals surface area contributed by atoms with Crippen LogP contribution in [-0.2, 0) is 19.1 Å². The number of hydrogen-bond acceptors (Lipinski definition) is 4. The van der Waals surface area contributed by atoms with Crippen LogP contribution in [0, 0.1) is 0 Å². The Morgan fingerprint density at radius 3 is 1.59 bits per heavy atom. The van der Waals surface area contributed by atoms with Gasteiger partial charge in [-0.05, 0) is 18.4 Å². The Labute approximate surface area is 164 Å². The maximum absolute atomic E-state index is 12.5. The number of carbonyl (C=O) groups excluding carboxylic acids is 2. The SMILES string of the molecule is CCCCCCCOC(=O)C(C(=O)OCCCCCCC)c1ccccc1. The molecule has 0 atom stereocenters. The zero-order valence-corrected chi connectivity index (χ0v) is 17.1. The van der Waals surface area contributed by atoms with Gasteiger partial charge in [-0.3, -0.25) is 9.59 Å². The zero-order valence-electron chi connectivity index (χ0n) is 17.1. The molecule has 1 aromatic rings. The first-order valence-corrected chi connectivity index (χ1v) is 10.6. The third kappa shape index (κ3) is 10.2. The van der Waals surface area contributed by atoms with Crippen molar-refractivity contribution in [3.05, 3.63) is 35.9 Å². The third-order valence-electron chi connectivity index (χ3n) is 4.59. The van der Waals surface area contributed by atoms with Crippen LogP contribution in [-0.4, -0.2) is 25.2 Å². The molecule has 1 aromatic carbocycles.